The van der Waals surface area contributed by atoms with E-state index in [1.54, 1.807) is 23.9 Å². The lowest BCUT2D eigenvalue weighted by Gasteiger charge is -2.16. The van der Waals surface area contributed by atoms with E-state index >= 15 is 0 Å². The minimum Gasteiger partial charge on any atom is -0.465 e. The predicted octanol–water partition coefficient (Wildman–Crippen LogP) is 2.96. The summed E-state index contributed by atoms with van der Waals surface area (Å²) in [7, 11) is 1.37. The highest BCUT2D eigenvalue weighted by molar-refractivity contribution is 7.99. The third kappa shape index (κ3) is 5.63. The normalized spacial score (nSPS) is 10.7. The summed E-state index contributed by atoms with van der Waals surface area (Å²) in [5.74, 6) is 0.400. The average molecular weight is 284 g/mol. The SMILES string of the molecule is CCOC(CSc1ccc(C(=O)OC)cc1)OCC. The summed E-state index contributed by atoms with van der Waals surface area (Å²) in [5.41, 5.74) is 0.554. The van der Waals surface area contributed by atoms with E-state index in [1.165, 1.54) is 7.11 Å². The van der Waals surface area contributed by atoms with E-state index in [0.717, 1.165) is 10.6 Å². The maximum Gasteiger partial charge on any atom is 0.337 e. The lowest BCUT2D eigenvalue weighted by molar-refractivity contribution is -0.120. The van der Waals surface area contributed by atoms with Gasteiger partial charge in [0.1, 0.15) is 0 Å². The Balaban J connectivity index is 2.50. The average Bonchev–Trinajstić information content (AvgIpc) is 2.45. The maximum atomic E-state index is 11.3. The van der Waals surface area contributed by atoms with Crippen LogP contribution in [0.25, 0.3) is 0 Å². The van der Waals surface area contributed by atoms with Crippen LogP contribution in [0.2, 0.25) is 0 Å². The van der Waals surface area contributed by atoms with Crippen molar-refractivity contribution in [3.8, 4) is 0 Å². The van der Waals surface area contributed by atoms with Crippen molar-refractivity contribution < 1.29 is 19.0 Å². The fourth-order valence-corrected chi connectivity index (χ4v) is 2.33. The van der Waals surface area contributed by atoms with Gasteiger partial charge in [-0.3, -0.25) is 0 Å². The molecule has 0 heterocycles. The third-order valence-corrected chi connectivity index (χ3v) is 3.41. The van der Waals surface area contributed by atoms with Gasteiger partial charge in [-0.25, -0.2) is 4.79 Å². The molecule has 0 atom stereocenters. The molecule has 0 saturated carbocycles. The monoisotopic (exact) mass is 284 g/mol. The van der Waals surface area contributed by atoms with Crippen LogP contribution in [-0.2, 0) is 14.2 Å². The van der Waals surface area contributed by atoms with Crippen LogP contribution < -0.4 is 0 Å². The molecule has 1 aromatic carbocycles. The zero-order chi connectivity index (χ0) is 14.1. The van der Waals surface area contributed by atoms with Crippen molar-refractivity contribution in [1.29, 1.82) is 0 Å². The Bertz CT molecular complexity index is 372. The molecule has 0 aromatic heterocycles. The summed E-state index contributed by atoms with van der Waals surface area (Å²) >= 11 is 1.63. The number of methoxy groups -OCH3 is 1. The summed E-state index contributed by atoms with van der Waals surface area (Å²) in [5, 5.41) is 0. The van der Waals surface area contributed by atoms with Crippen molar-refractivity contribution in [2.24, 2.45) is 0 Å². The molecule has 0 fully saturated rings. The summed E-state index contributed by atoms with van der Waals surface area (Å²) in [4.78, 5) is 12.4. The van der Waals surface area contributed by atoms with Crippen LogP contribution >= 0.6 is 11.8 Å². The largest absolute Gasteiger partial charge is 0.465 e. The van der Waals surface area contributed by atoms with Crippen LogP contribution in [0.3, 0.4) is 0 Å². The fraction of sp³-hybridized carbons (Fsp3) is 0.500. The van der Waals surface area contributed by atoms with Gasteiger partial charge in [0.15, 0.2) is 6.29 Å². The second kappa shape index (κ2) is 8.96. The predicted molar refractivity (Wildman–Crippen MR) is 75.5 cm³/mol. The topological polar surface area (TPSA) is 44.8 Å². The smallest absolute Gasteiger partial charge is 0.337 e. The van der Waals surface area contributed by atoms with E-state index in [2.05, 4.69) is 4.74 Å². The molecule has 4 nitrogen and oxygen atoms in total. The Kier molecular flexibility index (Phi) is 7.55. The van der Waals surface area contributed by atoms with Gasteiger partial charge in [-0.1, -0.05) is 0 Å². The first-order chi connectivity index (χ1) is 9.21. The number of thioether (sulfide) groups is 1. The standard InChI is InChI=1S/C14H20O4S/c1-4-17-13(18-5-2)10-19-12-8-6-11(7-9-12)14(15)16-3/h6-9,13H,4-5,10H2,1-3H3. The van der Waals surface area contributed by atoms with Gasteiger partial charge in [-0.05, 0) is 38.1 Å². The minimum atomic E-state index is -0.321. The van der Waals surface area contributed by atoms with Gasteiger partial charge in [-0.15, -0.1) is 11.8 Å². The molecular formula is C14H20O4S. The molecule has 0 aliphatic carbocycles. The Hall–Kier alpha value is -1.04. The van der Waals surface area contributed by atoms with E-state index in [9.17, 15) is 4.79 Å². The number of hydrogen-bond donors (Lipinski definition) is 0. The van der Waals surface area contributed by atoms with Gasteiger partial charge in [0.2, 0.25) is 0 Å². The van der Waals surface area contributed by atoms with E-state index in [-0.39, 0.29) is 12.3 Å². The molecular weight excluding hydrogens is 264 g/mol. The number of ether oxygens (including phenoxy) is 3. The molecule has 5 heteroatoms. The first-order valence-corrected chi connectivity index (χ1v) is 7.24. The Morgan fingerprint density at radius 2 is 1.74 bits per heavy atom. The molecule has 0 saturated heterocycles. The molecule has 1 rings (SSSR count). The molecule has 106 valence electrons. The summed E-state index contributed by atoms with van der Waals surface area (Å²) < 4.78 is 15.6. The molecule has 1 aromatic rings. The number of esters is 1. The number of rotatable bonds is 8. The maximum absolute atomic E-state index is 11.3. The molecule has 19 heavy (non-hydrogen) atoms. The quantitative estimate of drug-likeness (QED) is 0.417. The van der Waals surface area contributed by atoms with Crippen LogP contribution in [0.4, 0.5) is 0 Å². The van der Waals surface area contributed by atoms with Crippen LogP contribution in [0.1, 0.15) is 24.2 Å². The molecule has 0 unspecified atom stereocenters. The summed E-state index contributed by atoms with van der Waals surface area (Å²) in [6, 6.07) is 7.30. The van der Waals surface area contributed by atoms with Crippen molar-refractivity contribution in [1.82, 2.24) is 0 Å². The van der Waals surface area contributed by atoms with Gasteiger partial charge >= 0.3 is 5.97 Å². The van der Waals surface area contributed by atoms with Gasteiger partial charge in [0.25, 0.3) is 0 Å². The Morgan fingerprint density at radius 1 is 1.16 bits per heavy atom. The third-order valence-electron chi connectivity index (χ3n) is 2.37. The van der Waals surface area contributed by atoms with Gasteiger partial charge in [0.05, 0.1) is 12.7 Å². The minimum absolute atomic E-state index is 0.194. The second-order valence-corrected chi connectivity index (χ2v) is 4.76. The first kappa shape index (κ1) is 16.0. The molecule has 0 aliphatic rings. The van der Waals surface area contributed by atoms with E-state index in [1.807, 2.05) is 26.0 Å². The van der Waals surface area contributed by atoms with Crippen molar-refractivity contribution in [3.05, 3.63) is 29.8 Å². The Labute approximate surface area is 118 Å². The first-order valence-electron chi connectivity index (χ1n) is 6.25. The fourth-order valence-electron chi connectivity index (χ4n) is 1.49. The highest BCUT2D eigenvalue weighted by atomic mass is 32.2. The molecule has 0 aliphatic heterocycles. The summed E-state index contributed by atoms with van der Waals surface area (Å²) in [6.07, 6.45) is -0.194. The van der Waals surface area contributed by atoms with Crippen molar-refractivity contribution in [3.63, 3.8) is 0 Å². The lowest BCUT2D eigenvalue weighted by atomic mass is 10.2. The van der Waals surface area contributed by atoms with Gasteiger partial charge < -0.3 is 14.2 Å². The number of carbonyl (C=O) groups is 1. The van der Waals surface area contributed by atoms with E-state index in [4.69, 9.17) is 9.47 Å². The highest BCUT2D eigenvalue weighted by Crippen LogP contribution is 2.20. The molecule has 0 amide bonds. The second-order valence-electron chi connectivity index (χ2n) is 3.67. The zero-order valence-electron chi connectivity index (χ0n) is 11.5. The van der Waals surface area contributed by atoms with Crippen molar-refractivity contribution >= 4 is 17.7 Å². The van der Waals surface area contributed by atoms with Crippen LogP contribution in [0.15, 0.2) is 29.2 Å². The van der Waals surface area contributed by atoms with Gasteiger partial charge in [0, 0.05) is 23.9 Å². The number of benzene rings is 1. The van der Waals surface area contributed by atoms with E-state index in [0.29, 0.717) is 18.8 Å². The van der Waals surface area contributed by atoms with Crippen LogP contribution in [-0.4, -0.2) is 38.3 Å². The number of carbonyl (C=O) groups excluding carboxylic acids is 1. The van der Waals surface area contributed by atoms with Crippen LogP contribution in [0.5, 0.6) is 0 Å². The molecule has 0 radical (unpaired) electrons. The van der Waals surface area contributed by atoms with Gasteiger partial charge in [-0.2, -0.15) is 0 Å². The summed E-state index contributed by atoms with van der Waals surface area (Å²) in [6.45, 7) is 5.16. The molecule has 0 N–H and O–H groups in total. The molecule has 0 spiro atoms. The lowest BCUT2D eigenvalue weighted by Crippen LogP contribution is -2.19. The Morgan fingerprint density at radius 3 is 2.21 bits per heavy atom. The van der Waals surface area contributed by atoms with Crippen LogP contribution in [0, 0.1) is 0 Å². The van der Waals surface area contributed by atoms with E-state index < -0.39 is 0 Å². The van der Waals surface area contributed by atoms with Crippen molar-refractivity contribution in [2.45, 2.75) is 25.0 Å². The number of hydrogen-bond acceptors (Lipinski definition) is 5. The van der Waals surface area contributed by atoms with Crippen molar-refractivity contribution in [2.75, 3.05) is 26.1 Å². The zero-order valence-corrected chi connectivity index (χ0v) is 12.4. The highest BCUT2D eigenvalue weighted by Gasteiger charge is 2.09. The molecule has 0 bridgehead atoms.